The van der Waals surface area contributed by atoms with E-state index in [9.17, 15) is 18.0 Å². The van der Waals surface area contributed by atoms with Gasteiger partial charge in [0.2, 0.25) is 5.76 Å². The first-order chi connectivity index (χ1) is 18.0. The van der Waals surface area contributed by atoms with Crippen LogP contribution >= 0.6 is 24.0 Å². The number of benzene rings is 2. The highest BCUT2D eigenvalue weighted by Crippen LogP contribution is 2.40. The first-order valence-corrected chi connectivity index (χ1v) is 13.1. The van der Waals surface area contributed by atoms with Crippen LogP contribution < -0.4 is 5.32 Å². The Hall–Kier alpha value is -2.74. The molecule has 4 nitrogen and oxygen atoms in total. The van der Waals surface area contributed by atoms with Crippen molar-refractivity contribution in [2.24, 2.45) is 5.92 Å². The lowest BCUT2D eigenvalue weighted by Crippen LogP contribution is -2.51. The number of furan rings is 1. The minimum atomic E-state index is -4.83. The van der Waals surface area contributed by atoms with Gasteiger partial charge in [0.05, 0.1) is 5.56 Å². The van der Waals surface area contributed by atoms with Crippen molar-refractivity contribution >= 4 is 35.6 Å². The first-order valence-electron chi connectivity index (χ1n) is 12.7. The Morgan fingerprint density at radius 2 is 1.69 bits per heavy atom. The summed E-state index contributed by atoms with van der Waals surface area (Å²) in [4.78, 5) is 15.2. The third-order valence-corrected chi connectivity index (χ3v) is 7.81. The largest absolute Gasteiger partial charge is 0.451 e. The highest BCUT2D eigenvalue weighted by atomic mass is 35.5. The summed E-state index contributed by atoms with van der Waals surface area (Å²) in [7, 11) is 4.15. The van der Waals surface area contributed by atoms with Crippen molar-refractivity contribution in [3.05, 3.63) is 89.2 Å². The maximum atomic E-state index is 13.7. The summed E-state index contributed by atoms with van der Waals surface area (Å²) in [6, 6.07) is 14.5. The summed E-state index contributed by atoms with van der Waals surface area (Å²) >= 11 is 5.88. The lowest BCUT2D eigenvalue weighted by Gasteiger charge is -2.46. The molecule has 1 atom stereocenters. The molecule has 1 N–H and O–H groups in total. The lowest BCUT2D eigenvalue weighted by atomic mass is 9.71. The normalized spacial score (nSPS) is 15.9. The monoisotopic (exact) mass is 580 g/mol. The molecule has 1 aliphatic rings. The number of carbonyl (C=O) groups is 1. The molecule has 39 heavy (non-hydrogen) atoms. The van der Waals surface area contributed by atoms with E-state index in [2.05, 4.69) is 37.0 Å². The SMILES string of the molecule is C=CC(Cc1ccc(NC(=O)c2cc(-c3ccc(Cl)cc3)oc2C(F)(F)F)cc1)(C1CCCCC1)N(C)C.Cl. The Morgan fingerprint density at radius 3 is 2.23 bits per heavy atom. The number of halogens is 5. The van der Waals surface area contributed by atoms with Crippen molar-refractivity contribution in [3.63, 3.8) is 0 Å². The van der Waals surface area contributed by atoms with E-state index in [0.717, 1.165) is 30.9 Å². The van der Waals surface area contributed by atoms with Gasteiger partial charge in [0.15, 0.2) is 0 Å². The Labute approximate surface area is 238 Å². The zero-order chi connectivity index (χ0) is 27.5. The summed E-state index contributed by atoms with van der Waals surface area (Å²) in [6.07, 6.45) is 3.98. The molecule has 2 aromatic carbocycles. The van der Waals surface area contributed by atoms with Crippen molar-refractivity contribution in [2.45, 2.75) is 50.2 Å². The molecule has 1 aliphatic carbocycles. The molecule has 1 saturated carbocycles. The van der Waals surface area contributed by atoms with Gasteiger partial charge in [-0.05, 0) is 87.3 Å². The molecular weight excluding hydrogens is 548 g/mol. The highest BCUT2D eigenvalue weighted by molar-refractivity contribution is 6.30. The second kappa shape index (κ2) is 12.6. The Bertz CT molecular complexity index is 1260. The van der Waals surface area contributed by atoms with Crippen LogP contribution in [0.2, 0.25) is 5.02 Å². The van der Waals surface area contributed by atoms with E-state index < -0.39 is 23.4 Å². The van der Waals surface area contributed by atoms with Gasteiger partial charge in [-0.15, -0.1) is 19.0 Å². The molecule has 1 amide bonds. The van der Waals surface area contributed by atoms with Crippen molar-refractivity contribution in [3.8, 4) is 11.3 Å². The summed E-state index contributed by atoms with van der Waals surface area (Å²) < 4.78 is 46.2. The van der Waals surface area contributed by atoms with Crippen LogP contribution in [0.15, 0.2) is 71.7 Å². The minimum Gasteiger partial charge on any atom is -0.451 e. The molecule has 9 heteroatoms. The summed E-state index contributed by atoms with van der Waals surface area (Å²) in [5, 5.41) is 3.02. The number of amides is 1. The van der Waals surface area contributed by atoms with Crippen LogP contribution in [0.25, 0.3) is 11.3 Å². The van der Waals surface area contributed by atoms with E-state index >= 15 is 0 Å². The lowest BCUT2D eigenvalue weighted by molar-refractivity contribution is -0.153. The van der Waals surface area contributed by atoms with Crippen LogP contribution in [0, 0.1) is 5.92 Å². The molecule has 1 fully saturated rings. The van der Waals surface area contributed by atoms with Gasteiger partial charge in [0.25, 0.3) is 5.91 Å². The highest BCUT2D eigenvalue weighted by Gasteiger charge is 2.41. The van der Waals surface area contributed by atoms with Gasteiger partial charge in [-0.1, -0.05) is 49.1 Å². The maximum absolute atomic E-state index is 13.7. The van der Waals surface area contributed by atoms with E-state index in [-0.39, 0.29) is 23.7 Å². The summed E-state index contributed by atoms with van der Waals surface area (Å²) in [6.45, 7) is 4.17. The number of carbonyl (C=O) groups excluding carboxylic acids is 1. The molecule has 210 valence electrons. The van der Waals surface area contributed by atoms with E-state index in [1.165, 1.54) is 31.4 Å². The number of rotatable bonds is 8. The van der Waals surface area contributed by atoms with Crippen molar-refractivity contribution < 1.29 is 22.4 Å². The quantitative estimate of drug-likeness (QED) is 0.270. The van der Waals surface area contributed by atoms with Crippen LogP contribution in [0.1, 0.15) is 53.8 Å². The number of hydrogen-bond acceptors (Lipinski definition) is 3. The van der Waals surface area contributed by atoms with Gasteiger partial charge in [-0.2, -0.15) is 13.2 Å². The second-order valence-corrected chi connectivity index (χ2v) is 10.5. The Kier molecular flexibility index (Phi) is 9.97. The number of alkyl halides is 3. The third kappa shape index (κ3) is 6.89. The average molecular weight is 582 g/mol. The van der Waals surface area contributed by atoms with E-state index in [1.807, 2.05) is 12.1 Å². The topological polar surface area (TPSA) is 45.5 Å². The molecule has 0 bridgehead atoms. The van der Waals surface area contributed by atoms with Gasteiger partial charge in [-0.25, -0.2) is 0 Å². The molecule has 0 saturated heterocycles. The Morgan fingerprint density at radius 1 is 1.08 bits per heavy atom. The molecule has 0 aliphatic heterocycles. The molecule has 4 rings (SSSR count). The van der Waals surface area contributed by atoms with Gasteiger partial charge >= 0.3 is 6.18 Å². The number of hydrogen-bond donors (Lipinski definition) is 1. The molecule has 3 aromatic rings. The van der Waals surface area contributed by atoms with Gasteiger partial charge in [-0.3, -0.25) is 9.69 Å². The predicted molar refractivity (Wildman–Crippen MR) is 153 cm³/mol. The minimum absolute atomic E-state index is 0. The van der Waals surface area contributed by atoms with Crippen molar-refractivity contribution in [1.29, 1.82) is 0 Å². The first kappa shape index (κ1) is 30.8. The molecule has 1 aromatic heterocycles. The number of nitrogens with zero attached hydrogens (tertiary/aromatic N) is 1. The fourth-order valence-electron chi connectivity index (χ4n) is 5.45. The summed E-state index contributed by atoms with van der Waals surface area (Å²) in [5.74, 6) is -1.81. The molecule has 1 heterocycles. The van der Waals surface area contributed by atoms with Crippen LogP contribution in [0.3, 0.4) is 0 Å². The fourth-order valence-corrected chi connectivity index (χ4v) is 5.58. The standard InChI is InChI=1S/C30H32ClF3N2O2.ClH/c1-4-29(36(2)3,22-8-6-5-7-9-22)19-20-10-16-24(17-11-20)35-28(37)25-18-26(38-27(25)30(32,33)34)21-12-14-23(31)15-13-21;/h4,10-18,22H,1,5-9,19H2,2-3H3,(H,35,37);1H. The van der Waals surface area contributed by atoms with Crippen LogP contribution in [0.5, 0.6) is 0 Å². The van der Waals surface area contributed by atoms with E-state index in [0.29, 0.717) is 22.2 Å². The van der Waals surface area contributed by atoms with E-state index in [1.54, 1.807) is 24.3 Å². The number of likely N-dealkylation sites (N-methyl/N-ethyl adjacent to an activating group) is 1. The number of nitrogens with one attached hydrogen (secondary N) is 1. The van der Waals surface area contributed by atoms with Crippen LogP contribution in [0.4, 0.5) is 18.9 Å². The molecule has 0 radical (unpaired) electrons. The van der Waals surface area contributed by atoms with Crippen LogP contribution in [-0.2, 0) is 12.6 Å². The molecule has 0 spiro atoms. The van der Waals surface area contributed by atoms with Crippen molar-refractivity contribution in [1.82, 2.24) is 4.90 Å². The Balaban J connectivity index is 0.00000420. The third-order valence-electron chi connectivity index (χ3n) is 7.56. The number of anilines is 1. The zero-order valence-electron chi connectivity index (χ0n) is 22.0. The molecular formula is C30H33Cl2F3N2O2. The predicted octanol–water partition coefficient (Wildman–Crippen LogP) is 8.90. The second-order valence-electron chi connectivity index (χ2n) is 10.1. The van der Waals surface area contributed by atoms with Crippen LogP contribution in [-0.4, -0.2) is 30.4 Å². The maximum Gasteiger partial charge on any atom is 0.450 e. The fraction of sp³-hybridized carbons (Fsp3) is 0.367. The smallest absolute Gasteiger partial charge is 0.450 e. The van der Waals surface area contributed by atoms with E-state index in [4.69, 9.17) is 16.0 Å². The average Bonchev–Trinajstić information content (AvgIpc) is 3.36. The van der Waals surface area contributed by atoms with Crippen molar-refractivity contribution in [2.75, 3.05) is 19.4 Å². The zero-order valence-corrected chi connectivity index (χ0v) is 23.6. The van der Waals surface area contributed by atoms with Gasteiger partial charge < -0.3 is 9.73 Å². The summed E-state index contributed by atoms with van der Waals surface area (Å²) in [5.41, 5.74) is 1.07. The van der Waals surface area contributed by atoms with Gasteiger partial charge in [0.1, 0.15) is 5.76 Å². The molecule has 1 unspecified atom stereocenters. The van der Waals surface area contributed by atoms with Gasteiger partial charge in [0, 0.05) is 21.8 Å².